The van der Waals surface area contributed by atoms with Gasteiger partial charge >= 0.3 is 0 Å². The first kappa shape index (κ1) is 22.3. The Labute approximate surface area is 193 Å². The van der Waals surface area contributed by atoms with Crippen LogP contribution in [0.4, 0.5) is 0 Å². The molecule has 0 amide bonds. The highest BCUT2D eigenvalue weighted by Gasteiger charge is 2.72. The van der Waals surface area contributed by atoms with E-state index in [1.54, 1.807) is 0 Å². The average Bonchev–Trinajstić information content (AvgIpc) is 3.15. The van der Waals surface area contributed by atoms with Gasteiger partial charge in [0.1, 0.15) is 0 Å². The third-order valence-electron chi connectivity index (χ3n) is 12.0. The molecule has 2 saturated heterocycles. The molecule has 1 spiro atoms. The first-order valence-corrected chi connectivity index (χ1v) is 13.5. The Bertz CT molecular complexity index is 748. The molecule has 14 atom stereocenters. The van der Waals surface area contributed by atoms with Crippen LogP contribution < -0.4 is 0 Å². The van der Waals surface area contributed by atoms with Gasteiger partial charge in [0.15, 0.2) is 5.79 Å². The van der Waals surface area contributed by atoms with E-state index in [-0.39, 0.29) is 22.9 Å². The molecule has 6 aliphatic rings. The van der Waals surface area contributed by atoms with Crippen LogP contribution in [0.5, 0.6) is 0 Å². The number of fused-ring (bicyclic) bond motifs is 7. The molecule has 6 fully saturated rings. The van der Waals surface area contributed by atoms with Crippen LogP contribution in [-0.4, -0.2) is 52.1 Å². The van der Waals surface area contributed by atoms with Crippen LogP contribution in [-0.2, 0) is 9.47 Å². The molecule has 4 aliphatic carbocycles. The van der Waals surface area contributed by atoms with Gasteiger partial charge in [-0.1, -0.05) is 27.7 Å². The summed E-state index contributed by atoms with van der Waals surface area (Å²) in [6.07, 6.45) is 6.33. The van der Waals surface area contributed by atoms with Crippen molar-refractivity contribution in [3.63, 3.8) is 0 Å². The van der Waals surface area contributed by atoms with Crippen molar-refractivity contribution in [2.45, 2.75) is 109 Å². The topological polar surface area (TPSA) is 79.2 Å². The van der Waals surface area contributed by atoms with Gasteiger partial charge in [-0.2, -0.15) is 0 Å². The number of aliphatic hydroxyl groups is 3. The number of rotatable bonds is 0. The van der Waals surface area contributed by atoms with E-state index in [2.05, 4.69) is 27.7 Å². The highest BCUT2D eigenvalue weighted by Crippen LogP contribution is 2.71. The van der Waals surface area contributed by atoms with Crippen molar-refractivity contribution in [3.05, 3.63) is 0 Å². The van der Waals surface area contributed by atoms with Crippen LogP contribution >= 0.6 is 0 Å². The molecule has 3 N–H and O–H groups in total. The van der Waals surface area contributed by atoms with Crippen molar-refractivity contribution in [2.75, 3.05) is 6.61 Å². The molecule has 5 heteroatoms. The van der Waals surface area contributed by atoms with Crippen LogP contribution in [0.25, 0.3) is 0 Å². The predicted octanol–water partition coefficient (Wildman–Crippen LogP) is 3.74. The minimum Gasteiger partial charge on any atom is -0.390 e. The van der Waals surface area contributed by atoms with E-state index in [1.807, 2.05) is 0 Å². The quantitative estimate of drug-likeness (QED) is 0.526. The Morgan fingerprint density at radius 2 is 1.62 bits per heavy atom. The molecule has 0 aromatic heterocycles. The molecule has 0 aromatic rings. The minimum atomic E-state index is -0.606. The first-order valence-electron chi connectivity index (χ1n) is 13.5. The zero-order chi connectivity index (χ0) is 22.6. The summed E-state index contributed by atoms with van der Waals surface area (Å²) in [5, 5.41) is 32.7. The lowest BCUT2D eigenvalue weighted by Gasteiger charge is -2.62. The lowest BCUT2D eigenvalue weighted by Crippen LogP contribution is -2.58. The number of hydrogen-bond donors (Lipinski definition) is 3. The molecular weight excluding hydrogens is 404 g/mol. The summed E-state index contributed by atoms with van der Waals surface area (Å²) >= 11 is 0. The molecular formula is C27H44O5. The van der Waals surface area contributed by atoms with E-state index in [0.29, 0.717) is 41.9 Å². The third kappa shape index (κ3) is 2.75. The van der Waals surface area contributed by atoms with Gasteiger partial charge in [0.2, 0.25) is 0 Å². The zero-order valence-corrected chi connectivity index (χ0v) is 20.4. The summed E-state index contributed by atoms with van der Waals surface area (Å²) < 4.78 is 13.1. The SMILES string of the molecule is CC1CCC2(OC1)OC1C(O)C3C4CCC5CC(O)C(O)CC5(C)C4CCC3(C)C1C2C. The van der Waals surface area contributed by atoms with Gasteiger partial charge in [-0.25, -0.2) is 0 Å². The highest BCUT2D eigenvalue weighted by atomic mass is 16.7. The Morgan fingerprint density at radius 1 is 0.844 bits per heavy atom. The van der Waals surface area contributed by atoms with E-state index in [9.17, 15) is 15.3 Å². The largest absolute Gasteiger partial charge is 0.390 e. The fraction of sp³-hybridized carbons (Fsp3) is 1.00. The lowest BCUT2D eigenvalue weighted by atomic mass is 9.44. The molecule has 4 saturated carbocycles. The van der Waals surface area contributed by atoms with Crippen LogP contribution in [0, 0.1) is 52.3 Å². The molecule has 5 nitrogen and oxygen atoms in total. The maximum atomic E-state index is 11.8. The zero-order valence-electron chi connectivity index (χ0n) is 20.4. The standard InChI is InChI=1S/C27H44O5/c1-14-7-10-27(31-13-14)15(2)21-24(32-27)23(30)22-17-6-5-16-11-19(28)20(29)12-26(16,4)18(17)8-9-25(21,22)3/h14-24,28-30H,5-13H2,1-4H3. The van der Waals surface area contributed by atoms with E-state index >= 15 is 0 Å². The summed E-state index contributed by atoms with van der Waals surface area (Å²) in [6.45, 7) is 10.2. The molecule has 2 aliphatic heterocycles. The van der Waals surface area contributed by atoms with E-state index in [0.717, 1.165) is 45.1 Å². The number of ether oxygens (including phenoxy) is 2. The fourth-order valence-corrected chi connectivity index (χ4v) is 10.3. The number of hydrogen-bond acceptors (Lipinski definition) is 5. The second kappa shape index (κ2) is 7.16. The van der Waals surface area contributed by atoms with Gasteiger partial charge in [0.05, 0.1) is 31.0 Å². The maximum absolute atomic E-state index is 11.8. The van der Waals surface area contributed by atoms with Crippen LogP contribution in [0.2, 0.25) is 0 Å². The maximum Gasteiger partial charge on any atom is 0.171 e. The third-order valence-corrected chi connectivity index (χ3v) is 12.0. The van der Waals surface area contributed by atoms with Crippen LogP contribution in [0.15, 0.2) is 0 Å². The minimum absolute atomic E-state index is 0.0661. The monoisotopic (exact) mass is 448 g/mol. The van der Waals surface area contributed by atoms with Crippen molar-refractivity contribution in [1.82, 2.24) is 0 Å². The van der Waals surface area contributed by atoms with E-state index in [1.165, 1.54) is 6.42 Å². The van der Waals surface area contributed by atoms with Gasteiger partial charge in [-0.15, -0.1) is 0 Å². The second-order valence-electron chi connectivity index (χ2n) is 13.3. The Morgan fingerprint density at radius 3 is 2.34 bits per heavy atom. The molecule has 2 heterocycles. The van der Waals surface area contributed by atoms with Gasteiger partial charge in [-0.05, 0) is 85.4 Å². The summed E-state index contributed by atoms with van der Waals surface area (Å²) in [5.41, 5.74) is 0.146. The van der Waals surface area contributed by atoms with Gasteiger partial charge in [0, 0.05) is 18.3 Å². The Kier molecular flexibility index (Phi) is 4.99. The summed E-state index contributed by atoms with van der Waals surface area (Å²) in [6, 6.07) is 0. The molecule has 0 radical (unpaired) electrons. The summed E-state index contributed by atoms with van der Waals surface area (Å²) in [4.78, 5) is 0. The molecule has 32 heavy (non-hydrogen) atoms. The van der Waals surface area contributed by atoms with Gasteiger partial charge in [-0.3, -0.25) is 0 Å². The van der Waals surface area contributed by atoms with E-state index in [4.69, 9.17) is 9.47 Å². The fourth-order valence-electron chi connectivity index (χ4n) is 10.3. The normalized spacial score (nSPS) is 64.0. The summed E-state index contributed by atoms with van der Waals surface area (Å²) in [7, 11) is 0. The highest BCUT2D eigenvalue weighted by molar-refractivity contribution is 5.18. The number of aliphatic hydroxyl groups excluding tert-OH is 3. The summed E-state index contributed by atoms with van der Waals surface area (Å²) in [5.74, 6) is 2.49. The predicted molar refractivity (Wildman–Crippen MR) is 121 cm³/mol. The molecule has 0 bridgehead atoms. The van der Waals surface area contributed by atoms with Crippen molar-refractivity contribution >= 4 is 0 Å². The Hall–Kier alpha value is -0.200. The van der Waals surface area contributed by atoms with Crippen molar-refractivity contribution < 1.29 is 24.8 Å². The van der Waals surface area contributed by atoms with Crippen molar-refractivity contribution in [3.8, 4) is 0 Å². The van der Waals surface area contributed by atoms with Crippen LogP contribution in [0.1, 0.15) is 79.1 Å². The smallest absolute Gasteiger partial charge is 0.171 e. The van der Waals surface area contributed by atoms with E-state index < -0.39 is 24.1 Å². The lowest BCUT2D eigenvalue weighted by molar-refractivity contribution is -0.282. The van der Waals surface area contributed by atoms with Crippen molar-refractivity contribution in [2.24, 2.45) is 52.3 Å². The molecule has 14 unspecified atom stereocenters. The molecule has 6 rings (SSSR count). The van der Waals surface area contributed by atoms with Crippen LogP contribution in [0.3, 0.4) is 0 Å². The molecule has 0 aromatic carbocycles. The average molecular weight is 449 g/mol. The Balaban J connectivity index is 1.30. The van der Waals surface area contributed by atoms with Gasteiger partial charge < -0.3 is 24.8 Å². The molecule has 182 valence electrons. The van der Waals surface area contributed by atoms with Gasteiger partial charge in [0.25, 0.3) is 0 Å². The second-order valence-corrected chi connectivity index (χ2v) is 13.3. The first-order chi connectivity index (χ1) is 15.1. The van der Waals surface area contributed by atoms with Crippen molar-refractivity contribution in [1.29, 1.82) is 0 Å².